The molecule has 0 bridgehead atoms. The van der Waals surface area contributed by atoms with Crippen molar-refractivity contribution < 1.29 is 14.6 Å². The van der Waals surface area contributed by atoms with Gasteiger partial charge in [-0.1, -0.05) is 81.1 Å². The molecule has 4 heteroatoms. The predicted molar refractivity (Wildman–Crippen MR) is 107 cm³/mol. The van der Waals surface area contributed by atoms with Crippen molar-refractivity contribution in [3.63, 3.8) is 0 Å². The van der Waals surface area contributed by atoms with Crippen LogP contribution in [0.2, 0.25) is 0 Å². The van der Waals surface area contributed by atoms with Gasteiger partial charge in [0.05, 0.1) is 6.10 Å². The summed E-state index contributed by atoms with van der Waals surface area (Å²) in [5.74, 6) is -0.919. The maximum absolute atomic E-state index is 10.9. The lowest BCUT2D eigenvalue weighted by Crippen LogP contribution is -2.12. The first kappa shape index (κ1) is 20.5. The van der Waals surface area contributed by atoms with E-state index in [4.69, 9.17) is 9.84 Å². The van der Waals surface area contributed by atoms with E-state index in [1.807, 2.05) is 18.2 Å². The first-order valence-electron chi connectivity index (χ1n) is 9.35. The molecule has 2 rings (SSSR count). The highest BCUT2D eigenvalue weighted by molar-refractivity contribution is 7.99. The Morgan fingerprint density at radius 2 is 1.62 bits per heavy atom. The Morgan fingerprint density at radius 1 is 0.962 bits per heavy atom. The van der Waals surface area contributed by atoms with Crippen LogP contribution in [0.5, 0.6) is 0 Å². The van der Waals surface area contributed by atoms with Crippen molar-refractivity contribution in [1.82, 2.24) is 0 Å². The van der Waals surface area contributed by atoms with Gasteiger partial charge in [0.2, 0.25) is 0 Å². The zero-order valence-electron chi connectivity index (χ0n) is 15.4. The molecule has 26 heavy (non-hydrogen) atoms. The fraction of sp³-hybridized carbons (Fsp3) is 0.409. The van der Waals surface area contributed by atoms with Crippen LogP contribution >= 0.6 is 11.8 Å². The molecular weight excluding hydrogens is 344 g/mol. The van der Waals surface area contributed by atoms with Crippen LogP contribution in [0.25, 0.3) is 0 Å². The summed E-state index contributed by atoms with van der Waals surface area (Å²) in [6.45, 7) is 1.95. The number of unbranched alkanes of at least 4 members (excludes halogenated alkanes) is 4. The Morgan fingerprint density at radius 3 is 2.27 bits per heavy atom. The zero-order valence-corrected chi connectivity index (χ0v) is 16.2. The number of rotatable bonds is 12. The average molecular weight is 373 g/mol. The standard InChI is InChI=1S/C22H28O3S/c1-2-3-4-5-9-12-21(25-17-22(23)24)18-13-15-20(16-14-18)26-19-10-7-6-8-11-19/h6-8,10-11,13-16,21H,2-5,9,12,17H2,1H3,(H,23,24). The number of hydrogen-bond acceptors (Lipinski definition) is 3. The maximum Gasteiger partial charge on any atom is 0.329 e. The van der Waals surface area contributed by atoms with Crippen molar-refractivity contribution in [2.75, 3.05) is 6.61 Å². The molecule has 2 aromatic carbocycles. The highest BCUT2D eigenvalue weighted by Crippen LogP contribution is 2.30. The Kier molecular flexibility index (Phi) is 9.29. The van der Waals surface area contributed by atoms with Crippen molar-refractivity contribution in [1.29, 1.82) is 0 Å². The second-order valence-electron chi connectivity index (χ2n) is 6.38. The summed E-state index contributed by atoms with van der Waals surface area (Å²) in [5.41, 5.74) is 1.05. The van der Waals surface area contributed by atoms with Crippen LogP contribution in [0, 0.1) is 0 Å². The fourth-order valence-corrected chi connectivity index (χ4v) is 3.66. The predicted octanol–water partition coefficient (Wildman–Crippen LogP) is 6.34. The molecule has 0 aromatic heterocycles. The van der Waals surface area contributed by atoms with Crippen LogP contribution in [0.15, 0.2) is 64.4 Å². The smallest absolute Gasteiger partial charge is 0.329 e. The maximum atomic E-state index is 10.9. The average Bonchev–Trinajstić information content (AvgIpc) is 2.65. The molecular formula is C22H28O3S. The van der Waals surface area contributed by atoms with Gasteiger partial charge in [0.25, 0.3) is 0 Å². The monoisotopic (exact) mass is 372 g/mol. The van der Waals surface area contributed by atoms with Gasteiger partial charge < -0.3 is 9.84 Å². The number of hydrogen-bond donors (Lipinski definition) is 1. The van der Waals surface area contributed by atoms with Gasteiger partial charge in [-0.05, 0) is 36.2 Å². The molecule has 140 valence electrons. The Balaban J connectivity index is 1.95. The summed E-state index contributed by atoms with van der Waals surface area (Å²) in [6, 6.07) is 18.5. The van der Waals surface area contributed by atoms with Gasteiger partial charge in [-0.2, -0.15) is 0 Å². The second-order valence-corrected chi connectivity index (χ2v) is 7.53. The largest absolute Gasteiger partial charge is 0.480 e. The van der Waals surface area contributed by atoms with Crippen LogP contribution in [-0.2, 0) is 9.53 Å². The molecule has 0 radical (unpaired) electrons. The zero-order chi connectivity index (χ0) is 18.6. The van der Waals surface area contributed by atoms with Crippen molar-refractivity contribution >= 4 is 17.7 Å². The van der Waals surface area contributed by atoms with Crippen LogP contribution in [0.4, 0.5) is 0 Å². The van der Waals surface area contributed by atoms with Gasteiger partial charge >= 0.3 is 5.97 Å². The van der Waals surface area contributed by atoms with Crippen molar-refractivity contribution in [2.24, 2.45) is 0 Å². The molecule has 0 aliphatic carbocycles. The third-order valence-corrected chi connectivity index (χ3v) is 5.22. The van der Waals surface area contributed by atoms with Gasteiger partial charge in [0, 0.05) is 9.79 Å². The van der Waals surface area contributed by atoms with E-state index in [9.17, 15) is 4.79 Å². The summed E-state index contributed by atoms with van der Waals surface area (Å²) < 4.78 is 5.65. The van der Waals surface area contributed by atoms with Crippen molar-refractivity contribution in [3.05, 3.63) is 60.2 Å². The first-order chi connectivity index (χ1) is 12.7. The lowest BCUT2D eigenvalue weighted by molar-refractivity contribution is -0.144. The van der Waals surface area contributed by atoms with Gasteiger partial charge in [-0.3, -0.25) is 0 Å². The molecule has 3 nitrogen and oxygen atoms in total. The quantitative estimate of drug-likeness (QED) is 0.442. The highest BCUT2D eigenvalue weighted by Gasteiger charge is 2.14. The molecule has 0 amide bonds. The van der Waals surface area contributed by atoms with E-state index in [0.29, 0.717) is 0 Å². The number of benzene rings is 2. The van der Waals surface area contributed by atoms with Crippen LogP contribution in [0.3, 0.4) is 0 Å². The van der Waals surface area contributed by atoms with Crippen molar-refractivity contribution in [2.45, 2.75) is 61.3 Å². The molecule has 0 heterocycles. The van der Waals surface area contributed by atoms with E-state index in [1.165, 1.54) is 35.5 Å². The fourth-order valence-electron chi connectivity index (χ4n) is 2.83. The van der Waals surface area contributed by atoms with Gasteiger partial charge in [-0.25, -0.2) is 4.79 Å². The molecule has 1 N–H and O–H groups in total. The molecule has 0 fully saturated rings. The Labute approximate surface area is 160 Å². The summed E-state index contributed by atoms with van der Waals surface area (Å²) in [6.07, 6.45) is 6.65. The van der Waals surface area contributed by atoms with E-state index in [1.54, 1.807) is 11.8 Å². The molecule has 0 spiro atoms. The Hall–Kier alpha value is -1.78. The molecule has 1 unspecified atom stereocenters. The topological polar surface area (TPSA) is 46.5 Å². The second kappa shape index (κ2) is 11.8. The highest BCUT2D eigenvalue weighted by atomic mass is 32.2. The number of ether oxygens (including phenoxy) is 1. The van der Waals surface area contributed by atoms with Gasteiger partial charge in [0.15, 0.2) is 0 Å². The summed E-state index contributed by atoms with van der Waals surface area (Å²) in [5, 5.41) is 8.93. The van der Waals surface area contributed by atoms with Crippen LogP contribution < -0.4 is 0 Å². The van der Waals surface area contributed by atoms with Crippen LogP contribution in [-0.4, -0.2) is 17.7 Å². The van der Waals surface area contributed by atoms with Gasteiger partial charge in [-0.15, -0.1) is 0 Å². The minimum Gasteiger partial charge on any atom is -0.480 e. The first-order valence-corrected chi connectivity index (χ1v) is 10.2. The minimum absolute atomic E-state index is 0.150. The summed E-state index contributed by atoms with van der Waals surface area (Å²) in [7, 11) is 0. The molecule has 0 aliphatic rings. The number of carboxylic acid groups (broad SMARTS) is 1. The number of aliphatic carboxylic acids is 1. The molecule has 0 saturated heterocycles. The lowest BCUT2D eigenvalue weighted by atomic mass is 10.0. The molecule has 0 aliphatic heterocycles. The van der Waals surface area contributed by atoms with Crippen LogP contribution in [0.1, 0.15) is 57.1 Å². The SMILES string of the molecule is CCCCCCCC(OCC(=O)O)c1ccc(Sc2ccccc2)cc1. The summed E-state index contributed by atoms with van der Waals surface area (Å²) in [4.78, 5) is 13.2. The third-order valence-electron chi connectivity index (χ3n) is 4.21. The third kappa shape index (κ3) is 7.63. The molecule has 1 atom stereocenters. The normalized spacial score (nSPS) is 12.0. The van der Waals surface area contributed by atoms with E-state index in [0.717, 1.165) is 18.4 Å². The molecule has 0 saturated carbocycles. The van der Waals surface area contributed by atoms with E-state index in [2.05, 4.69) is 43.3 Å². The lowest BCUT2D eigenvalue weighted by Gasteiger charge is -2.18. The van der Waals surface area contributed by atoms with E-state index < -0.39 is 5.97 Å². The number of carbonyl (C=O) groups is 1. The van der Waals surface area contributed by atoms with E-state index >= 15 is 0 Å². The van der Waals surface area contributed by atoms with E-state index in [-0.39, 0.29) is 12.7 Å². The molecule has 2 aromatic rings. The van der Waals surface area contributed by atoms with Crippen molar-refractivity contribution in [3.8, 4) is 0 Å². The number of carboxylic acids is 1. The summed E-state index contributed by atoms with van der Waals surface area (Å²) >= 11 is 1.72. The minimum atomic E-state index is -0.919. The Bertz CT molecular complexity index is 640. The van der Waals surface area contributed by atoms with Gasteiger partial charge in [0.1, 0.15) is 6.61 Å².